The van der Waals surface area contributed by atoms with E-state index in [-0.39, 0.29) is 30.4 Å². The summed E-state index contributed by atoms with van der Waals surface area (Å²) in [7, 11) is 0. The zero-order chi connectivity index (χ0) is 10.7. The van der Waals surface area contributed by atoms with Crippen molar-refractivity contribution in [1.82, 2.24) is 4.90 Å². The molecular weight excluding hydrogens is 182 g/mol. The predicted octanol–water partition coefficient (Wildman–Crippen LogP) is 0.542. The summed E-state index contributed by atoms with van der Waals surface area (Å²) in [5.41, 5.74) is 0. The number of carbonyl (C=O) groups excluding carboxylic acids is 2. The second kappa shape index (κ2) is 4.55. The van der Waals surface area contributed by atoms with E-state index in [2.05, 4.69) is 0 Å². The molecule has 4 nitrogen and oxygen atoms in total. The Kier molecular flexibility index (Phi) is 3.63. The smallest absolute Gasteiger partial charge is 0.229 e. The predicted molar refractivity (Wildman–Crippen MR) is 51.4 cm³/mol. The Morgan fingerprint density at radius 1 is 1.43 bits per heavy atom. The first-order chi connectivity index (χ1) is 6.56. The molecule has 1 fully saturated rings. The maximum Gasteiger partial charge on any atom is 0.229 e. The topological polar surface area (TPSA) is 57.6 Å². The molecule has 1 rings (SSSR count). The van der Waals surface area contributed by atoms with Crippen molar-refractivity contribution >= 4 is 11.8 Å². The van der Waals surface area contributed by atoms with Gasteiger partial charge in [0.1, 0.15) is 0 Å². The molecule has 1 heterocycles. The van der Waals surface area contributed by atoms with Gasteiger partial charge in [0.2, 0.25) is 11.8 Å². The molecule has 0 aromatic heterocycles. The number of aliphatic hydroxyl groups is 1. The average Bonchev–Trinajstić information content (AvgIpc) is 2.01. The lowest BCUT2D eigenvalue weighted by molar-refractivity contribution is -0.152. The van der Waals surface area contributed by atoms with E-state index in [0.717, 1.165) is 0 Å². The van der Waals surface area contributed by atoms with Crippen LogP contribution in [0.5, 0.6) is 0 Å². The fourth-order valence-electron chi connectivity index (χ4n) is 1.81. The molecule has 0 aliphatic carbocycles. The third-order valence-electron chi connectivity index (χ3n) is 2.57. The molecule has 0 aromatic carbocycles. The van der Waals surface area contributed by atoms with Crippen LogP contribution >= 0.6 is 0 Å². The van der Waals surface area contributed by atoms with E-state index in [1.54, 1.807) is 6.92 Å². The number of piperidine rings is 1. The van der Waals surface area contributed by atoms with Gasteiger partial charge in [0.25, 0.3) is 0 Å². The van der Waals surface area contributed by atoms with E-state index in [1.807, 2.05) is 6.92 Å². The number of amides is 2. The number of hydrogen-bond donors (Lipinski definition) is 1. The van der Waals surface area contributed by atoms with Crippen LogP contribution in [0.2, 0.25) is 0 Å². The molecule has 0 saturated carbocycles. The minimum absolute atomic E-state index is 0.00772. The molecule has 1 atom stereocenters. The minimum atomic E-state index is -0.174. The molecule has 14 heavy (non-hydrogen) atoms. The Labute approximate surface area is 83.9 Å². The zero-order valence-electron chi connectivity index (χ0n) is 8.69. The van der Waals surface area contributed by atoms with Crippen molar-refractivity contribution < 1.29 is 14.7 Å². The molecule has 1 saturated heterocycles. The van der Waals surface area contributed by atoms with Crippen LogP contribution < -0.4 is 0 Å². The molecule has 1 aliphatic heterocycles. The van der Waals surface area contributed by atoms with E-state index >= 15 is 0 Å². The first kappa shape index (κ1) is 11.2. The molecule has 4 heteroatoms. The Hall–Kier alpha value is -0.900. The van der Waals surface area contributed by atoms with Crippen LogP contribution in [0.4, 0.5) is 0 Å². The third-order valence-corrected chi connectivity index (χ3v) is 2.57. The number of rotatable bonds is 3. The molecule has 1 unspecified atom stereocenters. The molecule has 0 bridgehead atoms. The molecule has 0 spiro atoms. The van der Waals surface area contributed by atoms with Crippen LogP contribution in [0.25, 0.3) is 0 Å². The van der Waals surface area contributed by atoms with Crippen molar-refractivity contribution in [2.24, 2.45) is 5.92 Å². The molecular formula is C10H17NO3. The van der Waals surface area contributed by atoms with Gasteiger partial charge in [-0.1, -0.05) is 6.92 Å². The average molecular weight is 199 g/mol. The van der Waals surface area contributed by atoms with E-state index in [4.69, 9.17) is 5.11 Å². The van der Waals surface area contributed by atoms with Crippen LogP contribution in [0, 0.1) is 5.92 Å². The lowest BCUT2D eigenvalue weighted by atomic mass is 9.96. The summed E-state index contributed by atoms with van der Waals surface area (Å²) in [6.07, 6.45) is 1.36. The Morgan fingerprint density at radius 2 is 1.93 bits per heavy atom. The van der Waals surface area contributed by atoms with Crippen molar-refractivity contribution in [2.75, 3.05) is 6.61 Å². The Morgan fingerprint density at radius 3 is 2.36 bits per heavy atom. The molecule has 1 N–H and O–H groups in total. The van der Waals surface area contributed by atoms with Crippen LogP contribution in [-0.2, 0) is 9.59 Å². The Bertz CT molecular complexity index is 222. The molecule has 80 valence electrons. The van der Waals surface area contributed by atoms with Crippen molar-refractivity contribution in [3.05, 3.63) is 0 Å². The third kappa shape index (κ3) is 2.32. The summed E-state index contributed by atoms with van der Waals surface area (Å²) in [5.74, 6) is -0.0445. The number of aliphatic hydroxyl groups excluding tert-OH is 1. The highest BCUT2D eigenvalue weighted by atomic mass is 16.3. The van der Waals surface area contributed by atoms with Gasteiger partial charge >= 0.3 is 0 Å². The van der Waals surface area contributed by atoms with Crippen molar-refractivity contribution in [3.63, 3.8) is 0 Å². The summed E-state index contributed by atoms with van der Waals surface area (Å²) in [5, 5.41) is 8.74. The summed E-state index contributed by atoms with van der Waals surface area (Å²) in [6.45, 7) is 3.71. The second-order valence-electron chi connectivity index (χ2n) is 4.03. The second-order valence-corrected chi connectivity index (χ2v) is 4.03. The van der Waals surface area contributed by atoms with Crippen molar-refractivity contribution in [1.29, 1.82) is 0 Å². The van der Waals surface area contributed by atoms with Gasteiger partial charge in [0.05, 0.1) is 0 Å². The Balaban J connectivity index is 2.67. The molecule has 0 radical (unpaired) electrons. The highest BCUT2D eigenvalue weighted by Crippen LogP contribution is 2.21. The van der Waals surface area contributed by atoms with Gasteiger partial charge in [-0.3, -0.25) is 14.5 Å². The zero-order valence-corrected chi connectivity index (χ0v) is 8.69. The maximum atomic E-state index is 11.6. The lowest BCUT2D eigenvalue weighted by Gasteiger charge is -2.32. The first-order valence-electron chi connectivity index (χ1n) is 5.02. The number of carbonyl (C=O) groups is 2. The largest absolute Gasteiger partial charge is 0.396 e. The van der Waals surface area contributed by atoms with Crippen LogP contribution in [-0.4, -0.2) is 34.5 Å². The highest BCUT2D eigenvalue weighted by molar-refractivity contribution is 5.98. The molecule has 2 amide bonds. The van der Waals surface area contributed by atoms with Gasteiger partial charge in [0, 0.05) is 25.5 Å². The fourth-order valence-corrected chi connectivity index (χ4v) is 1.81. The van der Waals surface area contributed by atoms with Crippen LogP contribution in [0.3, 0.4) is 0 Å². The number of hydrogen-bond acceptors (Lipinski definition) is 3. The SMILES string of the molecule is CC1CC(=O)N(C(C)CCO)C(=O)C1. The minimum Gasteiger partial charge on any atom is -0.396 e. The molecule has 1 aliphatic rings. The number of nitrogens with zero attached hydrogens (tertiary/aromatic N) is 1. The summed E-state index contributed by atoms with van der Waals surface area (Å²) >= 11 is 0. The summed E-state index contributed by atoms with van der Waals surface area (Å²) in [4.78, 5) is 24.4. The summed E-state index contributed by atoms with van der Waals surface area (Å²) in [6, 6.07) is -0.174. The lowest BCUT2D eigenvalue weighted by Crippen LogP contribution is -2.47. The van der Waals surface area contributed by atoms with Gasteiger partial charge in [-0.15, -0.1) is 0 Å². The fraction of sp³-hybridized carbons (Fsp3) is 0.800. The summed E-state index contributed by atoms with van der Waals surface area (Å²) < 4.78 is 0. The monoisotopic (exact) mass is 199 g/mol. The van der Waals surface area contributed by atoms with Crippen LogP contribution in [0.1, 0.15) is 33.1 Å². The first-order valence-corrected chi connectivity index (χ1v) is 5.02. The van der Waals surface area contributed by atoms with Gasteiger partial charge in [-0.05, 0) is 19.3 Å². The van der Waals surface area contributed by atoms with Crippen LogP contribution in [0.15, 0.2) is 0 Å². The van der Waals surface area contributed by atoms with Gasteiger partial charge in [-0.2, -0.15) is 0 Å². The van der Waals surface area contributed by atoms with Gasteiger partial charge < -0.3 is 5.11 Å². The van der Waals surface area contributed by atoms with Gasteiger partial charge in [0.15, 0.2) is 0 Å². The number of imide groups is 1. The van der Waals surface area contributed by atoms with Gasteiger partial charge in [-0.25, -0.2) is 0 Å². The van der Waals surface area contributed by atoms with E-state index in [1.165, 1.54) is 4.90 Å². The number of likely N-dealkylation sites (tertiary alicyclic amines) is 1. The van der Waals surface area contributed by atoms with Crippen molar-refractivity contribution in [2.45, 2.75) is 39.2 Å². The maximum absolute atomic E-state index is 11.6. The highest BCUT2D eigenvalue weighted by Gasteiger charge is 2.33. The molecule has 0 aromatic rings. The quantitative estimate of drug-likeness (QED) is 0.675. The standard InChI is InChI=1S/C10H17NO3/c1-7-5-9(13)11(10(14)6-7)8(2)3-4-12/h7-8,12H,3-6H2,1-2H3. The van der Waals surface area contributed by atoms with E-state index in [0.29, 0.717) is 19.3 Å². The van der Waals surface area contributed by atoms with E-state index < -0.39 is 0 Å². The van der Waals surface area contributed by atoms with Crippen molar-refractivity contribution in [3.8, 4) is 0 Å². The van der Waals surface area contributed by atoms with E-state index in [9.17, 15) is 9.59 Å². The normalized spacial score (nSPS) is 21.5.